The summed E-state index contributed by atoms with van der Waals surface area (Å²) in [6, 6.07) is 0. The summed E-state index contributed by atoms with van der Waals surface area (Å²) in [5.74, 6) is 1.58. The Morgan fingerprint density at radius 1 is 1.27 bits per heavy atom. The molecule has 0 aromatic carbocycles. The highest BCUT2D eigenvalue weighted by Crippen LogP contribution is 2.45. The van der Waals surface area contributed by atoms with Crippen molar-refractivity contribution in [2.45, 2.75) is 65.7 Å². The van der Waals surface area contributed by atoms with E-state index in [1.807, 2.05) is 0 Å². The van der Waals surface area contributed by atoms with Crippen LogP contribution in [-0.2, 0) is 0 Å². The molecular formula is C14H28O. The van der Waals surface area contributed by atoms with E-state index in [2.05, 4.69) is 20.8 Å². The molecule has 0 heterocycles. The Morgan fingerprint density at radius 3 is 2.27 bits per heavy atom. The lowest BCUT2D eigenvalue weighted by Gasteiger charge is -2.42. The van der Waals surface area contributed by atoms with E-state index in [0.717, 1.165) is 5.92 Å². The van der Waals surface area contributed by atoms with Crippen molar-refractivity contribution >= 4 is 0 Å². The van der Waals surface area contributed by atoms with E-state index in [-0.39, 0.29) is 5.41 Å². The van der Waals surface area contributed by atoms with Crippen LogP contribution >= 0.6 is 0 Å². The zero-order chi connectivity index (χ0) is 11.3. The molecule has 0 radical (unpaired) electrons. The van der Waals surface area contributed by atoms with Crippen LogP contribution in [0.3, 0.4) is 0 Å². The van der Waals surface area contributed by atoms with Gasteiger partial charge in [-0.15, -0.1) is 0 Å². The van der Waals surface area contributed by atoms with E-state index < -0.39 is 0 Å². The molecule has 1 saturated carbocycles. The molecule has 15 heavy (non-hydrogen) atoms. The highest BCUT2D eigenvalue weighted by molar-refractivity contribution is 4.87. The van der Waals surface area contributed by atoms with E-state index in [4.69, 9.17) is 0 Å². The summed E-state index contributed by atoms with van der Waals surface area (Å²) >= 11 is 0. The normalized spacial score (nSPS) is 32.2. The van der Waals surface area contributed by atoms with E-state index in [0.29, 0.717) is 12.5 Å². The maximum absolute atomic E-state index is 9.57. The van der Waals surface area contributed by atoms with E-state index in [1.165, 1.54) is 44.9 Å². The second-order valence-electron chi connectivity index (χ2n) is 5.76. The summed E-state index contributed by atoms with van der Waals surface area (Å²) in [4.78, 5) is 0. The Morgan fingerprint density at radius 2 is 1.87 bits per heavy atom. The van der Waals surface area contributed by atoms with Crippen molar-refractivity contribution in [2.75, 3.05) is 6.61 Å². The van der Waals surface area contributed by atoms with E-state index in [1.54, 1.807) is 0 Å². The quantitative estimate of drug-likeness (QED) is 0.730. The third-order valence-corrected chi connectivity index (χ3v) is 4.61. The summed E-state index contributed by atoms with van der Waals surface area (Å²) < 4.78 is 0. The third kappa shape index (κ3) is 3.21. The third-order valence-electron chi connectivity index (χ3n) is 4.61. The molecule has 1 aliphatic rings. The topological polar surface area (TPSA) is 20.2 Å². The molecule has 0 amide bonds. The molecule has 0 aromatic heterocycles. The van der Waals surface area contributed by atoms with Crippen molar-refractivity contribution in [3.05, 3.63) is 0 Å². The molecule has 0 aromatic rings. The van der Waals surface area contributed by atoms with Crippen LogP contribution in [0.2, 0.25) is 0 Å². The van der Waals surface area contributed by atoms with Gasteiger partial charge in [0.05, 0.1) is 0 Å². The Bertz CT molecular complexity index is 166. The second kappa shape index (κ2) is 5.89. The number of aliphatic hydroxyl groups is 1. The molecule has 1 N–H and O–H groups in total. The van der Waals surface area contributed by atoms with Crippen LogP contribution < -0.4 is 0 Å². The van der Waals surface area contributed by atoms with Gasteiger partial charge in [0.2, 0.25) is 0 Å². The van der Waals surface area contributed by atoms with Crippen LogP contribution in [-0.4, -0.2) is 11.7 Å². The summed E-state index contributed by atoms with van der Waals surface area (Å²) in [5, 5.41) is 9.57. The average molecular weight is 212 g/mol. The predicted octanol–water partition coefficient (Wildman–Crippen LogP) is 4.00. The molecular weight excluding hydrogens is 184 g/mol. The molecule has 90 valence electrons. The highest BCUT2D eigenvalue weighted by atomic mass is 16.3. The van der Waals surface area contributed by atoms with Crippen molar-refractivity contribution in [3.8, 4) is 0 Å². The average Bonchev–Trinajstić information content (AvgIpc) is 2.27. The van der Waals surface area contributed by atoms with E-state index >= 15 is 0 Å². The Kier molecular flexibility index (Phi) is 5.11. The SMILES string of the molecule is CCCCC1CCC(CO)(C(C)C)CC1. The van der Waals surface area contributed by atoms with Crippen LogP contribution in [0.1, 0.15) is 65.7 Å². The molecule has 1 aliphatic carbocycles. The Hall–Kier alpha value is -0.0400. The molecule has 1 rings (SSSR count). The number of hydrogen-bond acceptors (Lipinski definition) is 1. The summed E-state index contributed by atoms with van der Waals surface area (Å²) in [5.41, 5.74) is 0.253. The molecule has 1 fully saturated rings. The number of rotatable bonds is 5. The zero-order valence-electron chi connectivity index (χ0n) is 10.8. The lowest BCUT2D eigenvalue weighted by molar-refractivity contribution is 0.0211. The lowest BCUT2D eigenvalue weighted by atomic mass is 9.64. The van der Waals surface area contributed by atoms with Gasteiger partial charge in [0.15, 0.2) is 0 Å². The van der Waals surface area contributed by atoms with Crippen molar-refractivity contribution in [1.82, 2.24) is 0 Å². The Balaban J connectivity index is 2.39. The van der Waals surface area contributed by atoms with E-state index in [9.17, 15) is 5.11 Å². The van der Waals surface area contributed by atoms with Crippen LogP contribution in [0.4, 0.5) is 0 Å². The molecule has 1 heteroatoms. The second-order valence-corrected chi connectivity index (χ2v) is 5.76. The van der Waals surface area contributed by atoms with Crippen molar-refractivity contribution < 1.29 is 5.11 Å². The smallest absolute Gasteiger partial charge is 0.0489 e. The monoisotopic (exact) mass is 212 g/mol. The van der Waals surface area contributed by atoms with Gasteiger partial charge in [0.1, 0.15) is 0 Å². The summed E-state index contributed by atoms with van der Waals surface area (Å²) in [7, 11) is 0. The highest BCUT2D eigenvalue weighted by Gasteiger charge is 2.36. The van der Waals surface area contributed by atoms with Gasteiger partial charge in [-0.1, -0.05) is 40.0 Å². The van der Waals surface area contributed by atoms with Crippen LogP contribution in [0.25, 0.3) is 0 Å². The lowest BCUT2D eigenvalue weighted by Crippen LogP contribution is -2.35. The van der Waals surface area contributed by atoms with Gasteiger partial charge in [-0.25, -0.2) is 0 Å². The molecule has 0 saturated heterocycles. The fourth-order valence-corrected chi connectivity index (χ4v) is 2.95. The van der Waals surface area contributed by atoms with Gasteiger partial charge in [-0.2, -0.15) is 0 Å². The first-order chi connectivity index (χ1) is 7.14. The first-order valence-electron chi connectivity index (χ1n) is 6.75. The maximum atomic E-state index is 9.57. The molecule has 0 atom stereocenters. The van der Waals surface area contributed by atoms with Gasteiger partial charge in [0.25, 0.3) is 0 Å². The molecule has 0 unspecified atom stereocenters. The van der Waals surface area contributed by atoms with Gasteiger partial charge >= 0.3 is 0 Å². The molecule has 0 spiro atoms. The molecule has 0 aliphatic heterocycles. The summed E-state index contributed by atoms with van der Waals surface area (Å²) in [6.45, 7) is 7.20. The van der Waals surface area contributed by atoms with Gasteiger partial charge in [-0.05, 0) is 42.9 Å². The number of aliphatic hydroxyl groups excluding tert-OH is 1. The molecule has 1 nitrogen and oxygen atoms in total. The van der Waals surface area contributed by atoms with Crippen molar-refractivity contribution in [2.24, 2.45) is 17.3 Å². The first-order valence-corrected chi connectivity index (χ1v) is 6.75. The van der Waals surface area contributed by atoms with Crippen LogP contribution in [0.5, 0.6) is 0 Å². The minimum Gasteiger partial charge on any atom is -0.396 e. The summed E-state index contributed by atoms with van der Waals surface area (Å²) in [6.07, 6.45) is 9.31. The number of unbranched alkanes of at least 4 members (excludes halogenated alkanes) is 1. The standard InChI is InChI=1S/C14H28O/c1-4-5-6-13-7-9-14(11-15,10-8-13)12(2)3/h12-13,15H,4-11H2,1-3H3. The zero-order valence-corrected chi connectivity index (χ0v) is 10.8. The fourth-order valence-electron chi connectivity index (χ4n) is 2.95. The minimum absolute atomic E-state index is 0.253. The van der Waals surface area contributed by atoms with Gasteiger partial charge in [-0.3, -0.25) is 0 Å². The largest absolute Gasteiger partial charge is 0.396 e. The van der Waals surface area contributed by atoms with Crippen molar-refractivity contribution in [1.29, 1.82) is 0 Å². The number of hydrogen-bond donors (Lipinski definition) is 1. The Labute approximate surface area is 95.3 Å². The van der Waals surface area contributed by atoms with Crippen molar-refractivity contribution in [3.63, 3.8) is 0 Å². The first kappa shape index (κ1) is 13.0. The maximum Gasteiger partial charge on any atom is 0.0489 e. The van der Waals surface area contributed by atoms with Gasteiger partial charge in [0, 0.05) is 6.61 Å². The molecule has 0 bridgehead atoms. The minimum atomic E-state index is 0.253. The predicted molar refractivity (Wildman–Crippen MR) is 65.8 cm³/mol. The van der Waals surface area contributed by atoms with Crippen LogP contribution in [0, 0.1) is 17.3 Å². The fraction of sp³-hybridized carbons (Fsp3) is 1.00. The van der Waals surface area contributed by atoms with Crippen LogP contribution in [0.15, 0.2) is 0 Å². The van der Waals surface area contributed by atoms with Gasteiger partial charge < -0.3 is 5.11 Å².